The summed E-state index contributed by atoms with van der Waals surface area (Å²) in [4.78, 5) is 12.2. The Hall–Kier alpha value is -1.88. The van der Waals surface area contributed by atoms with Crippen LogP contribution in [0.5, 0.6) is 0 Å². The molecule has 2 rings (SSSR count). The molecular weight excluding hydrogens is 312 g/mol. The van der Waals surface area contributed by atoms with Gasteiger partial charge in [0.2, 0.25) is 5.91 Å². The van der Waals surface area contributed by atoms with E-state index in [-0.39, 0.29) is 18.3 Å². The predicted octanol–water partition coefficient (Wildman–Crippen LogP) is 2.96. The van der Waals surface area contributed by atoms with Gasteiger partial charge in [-0.15, -0.1) is 12.4 Å². The van der Waals surface area contributed by atoms with Crippen molar-refractivity contribution in [3.8, 4) is 0 Å². The van der Waals surface area contributed by atoms with Crippen molar-refractivity contribution >= 4 is 18.3 Å². The maximum atomic E-state index is 12.2. The van der Waals surface area contributed by atoms with Crippen molar-refractivity contribution in [2.75, 3.05) is 6.61 Å². The van der Waals surface area contributed by atoms with Crippen LogP contribution in [-0.4, -0.2) is 12.5 Å². The number of hydrogen-bond donors (Lipinski definition) is 2. The van der Waals surface area contributed by atoms with E-state index < -0.39 is 6.04 Å². The topological polar surface area (TPSA) is 64.3 Å². The van der Waals surface area contributed by atoms with Crippen molar-refractivity contribution in [1.29, 1.82) is 0 Å². The molecule has 23 heavy (non-hydrogen) atoms. The van der Waals surface area contributed by atoms with Crippen molar-refractivity contribution < 1.29 is 9.53 Å². The summed E-state index contributed by atoms with van der Waals surface area (Å²) in [5.74, 6) is -0.183. The quantitative estimate of drug-likeness (QED) is 0.818. The van der Waals surface area contributed by atoms with E-state index in [1.54, 1.807) is 0 Å². The number of ether oxygens (including phenoxy) is 1. The number of rotatable bonds is 7. The van der Waals surface area contributed by atoms with Gasteiger partial charge in [-0.05, 0) is 23.6 Å². The lowest BCUT2D eigenvalue weighted by Gasteiger charge is -2.14. The fraction of sp³-hybridized carbons (Fsp3) is 0.278. The third kappa shape index (κ3) is 5.67. The first-order valence-electron chi connectivity index (χ1n) is 7.45. The Morgan fingerprint density at radius 1 is 1.09 bits per heavy atom. The number of amides is 1. The molecule has 4 nitrogen and oxygen atoms in total. The number of hydrogen-bond acceptors (Lipinski definition) is 3. The highest BCUT2D eigenvalue weighted by Gasteiger charge is 2.15. The zero-order valence-corrected chi connectivity index (χ0v) is 14.0. The first-order chi connectivity index (χ1) is 10.7. The summed E-state index contributed by atoms with van der Waals surface area (Å²) in [6.45, 7) is 3.62. The minimum atomic E-state index is -0.653. The van der Waals surface area contributed by atoms with Crippen LogP contribution in [0.2, 0.25) is 0 Å². The second-order valence-electron chi connectivity index (χ2n) is 5.01. The highest BCUT2D eigenvalue weighted by molar-refractivity contribution is 5.85. The fourth-order valence-electron chi connectivity index (χ4n) is 2.19. The van der Waals surface area contributed by atoms with Crippen LogP contribution in [0.15, 0.2) is 54.6 Å². The summed E-state index contributed by atoms with van der Waals surface area (Å²) < 4.78 is 5.45. The maximum absolute atomic E-state index is 12.2. The van der Waals surface area contributed by atoms with Crippen LogP contribution in [-0.2, 0) is 22.7 Å². The molecule has 3 N–H and O–H groups in total. The minimum Gasteiger partial charge on any atom is -0.377 e. The second kappa shape index (κ2) is 10.0. The van der Waals surface area contributed by atoms with Gasteiger partial charge in [0.1, 0.15) is 6.04 Å². The number of carbonyl (C=O) groups excluding carboxylic acids is 1. The van der Waals surface area contributed by atoms with Crippen LogP contribution < -0.4 is 11.1 Å². The highest BCUT2D eigenvalue weighted by Crippen LogP contribution is 2.12. The van der Waals surface area contributed by atoms with E-state index in [1.807, 2.05) is 61.5 Å². The largest absolute Gasteiger partial charge is 0.377 e. The Bertz CT molecular complexity index is 605. The summed E-state index contributed by atoms with van der Waals surface area (Å²) in [7, 11) is 0. The number of benzene rings is 2. The summed E-state index contributed by atoms with van der Waals surface area (Å²) in [6.07, 6.45) is 0. The molecule has 2 aromatic carbocycles. The first kappa shape index (κ1) is 19.2. The lowest BCUT2D eigenvalue weighted by atomic mass is 10.1. The van der Waals surface area contributed by atoms with Gasteiger partial charge in [-0.1, -0.05) is 54.6 Å². The van der Waals surface area contributed by atoms with E-state index in [9.17, 15) is 4.79 Å². The van der Waals surface area contributed by atoms with Crippen molar-refractivity contribution in [2.45, 2.75) is 26.1 Å². The van der Waals surface area contributed by atoms with E-state index in [2.05, 4.69) is 5.32 Å². The number of nitrogens with two attached hydrogens (primary N) is 1. The van der Waals surface area contributed by atoms with Crippen molar-refractivity contribution in [1.82, 2.24) is 5.32 Å². The molecule has 0 fully saturated rings. The number of nitrogens with one attached hydrogen (secondary N) is 1. The van der Waals surface area contributed by atoms with Gasteiger partial charge in [-0.2, -0.15) is 0 Å². The Morgan fingerprint density at radius 2 is 1.70 bits per heavy atom. The molecule has 1 unspecified atom stereocenters. The Labute approximate surface area is 143 Å². The average Bonchev–Trinajstić information content (AvgIpc) is 2.58. The van der Waals surface area contributed by atoms with Crippen molar-refractivity contribution in [2.24, 2.45) is 5.73 Å². The van der Waals surface area contributed by atoms with Gasteiger partial charge in [0.05, 0.1) is 6.61 Å². The zero-order valence-electron chi connectivity index (χ0n) is 13.2. The predicted molar refractivity (Wildman–Crippen MR) is 94.2 cm³/mol. The Kier molecular flexibility index (Phi) is 8.33. The molecule has 0 aliphatic heterocycles. The molecule has 124 valence electrons. The van der Waals surface area contributed by atoms with Crippen molar-refractivity contribution in [3.63, 3.8) is 0 Å². The van der Waals surface area contributed by atoms with Crippen LogP contribution in [0, 0.1) is 0 Å². The zero-order chi connectivity index (χ0) is 15.8. The smallest absolute Gasteiger partial charge is 0.241 e. The molecule has 0 saturated carbocycles. The van der Waals surface area contributed by atoms with Crippen molar-refractivity contribution in [3.05, 3.63) is 71.3 Å². The maximum Gasteiger partial charge on any atom is 0.241 e. The monoisotopic (exact) mass is 334 g/mol. The molecule has 5 heteroatoms. The van der Waals surface area contributed by atoms with Crippen LogP contribution >= 0.6 is 12.4 Å². The van der Waals surface area contributed by atoms with Gasteiger partial charge in [0, 0.05) is 13.2 Å². The van der Waals surface area contributed by atoms with Crippen LogP contribution in [0.1, 0.15) is 29.7 Å². The molecular formula is C18H23ClN2O2. The molecule has 0 bridgehead atoms. The summed E-state index contributed by atoms with van der Waals surface area (Å²) in [6, 6.07) is 16.6. The normalized spacial score (nSPS) is 11.4. The third-order valence-electron chi connectivity index (χ3n) is 3.47. The molecule has 1 amide bonds. The van der Waals surface area contributed by atoms with Gasteiger partial charge in [0.25, 0.3) is 0 Å². The fourth-order valence-corrected chi connectivity index (χ4v) is 2.19. The molecule has 0 spiro atoms. The van der Waals surface area contributed by atoms with E-state index >= 15 is 0 Å². The van der Waals surface area contributed by atoms with Crippen LogP contribution in [0.4, 0.5) is 0 Å². The summed E-state index contributed by atoms with van der Waals surface area (Å²) in [5.41, 5.74) is 8.92. The van der Waals surface area contributed by atoms with E-state index in [4.69, 9.17) is 10.5 Å². The van der Waals surface area contributed by atoms with Gasteiger partial charge >= 0.3 is 0 Å². The van der Waals surface area contributed by atoms with Gasteiger partial charge in [0.15, 0.2) is 0 Å². The van der Waals surface area contributed by atoms with Crippen LogP contribution in [0.25, 0.3) is 0 Å². The van der Waals surface area contributed by atoms with E-state index in [1.165, 1.54) is 0 Å². The van der Waals surface area contributed by atoms with Gasteiger partial charge < -0.3 is 15.8 Å². The molecule has 0 heterocycles. The van der Waals surface area contributed by atoms with E-state index in [0.29, 0.717) is 19.8 Å². The molecule has 0 aromatic heterocycles. The Balaban J connectivity index is 0.00000264. The summed E-state index contributed by atoms with van der Waals surface area (Å²) >= 11 is 0. The van der Waals surface area contributed by atoms with Gasteiger partial charge in [-0.3, -0.25) is 4.79 Å². The Morgan fingerprint density at radius 3 is 2.35 bits per heavy atom. The standard InChI is InChI=1S/C18H22N2O2.ClH/c1-2-22-13-16-11-7-6-10-15(16)12-20-18(21)17(19)14-8-4-3-5-9-14;/h3-11,17H,2,12-13,19H2,1H3,(H,20,21);1H. The lowest BCUT2D eigenvalue weighted by molar-refractivity contribution is -0.122. The number of carbonyl (C=O) groups is 1. The molecule has 0 radical (unpaired) electrons. The molecule has 1 atom stereocenters. The average molecular weight is 335 g/mol. The summed E-state index contributed by atoms with van der Waals surface area (Å²) in [5, 5.41) is 2.89. The van der Waals surface area contributed by atoms with Crippen LogP contribution in [0.3, 0.4) is 0 Å². The molecule has 2 aromatic rings. The molecule has 0 saturated heterocycles. The first-order valence-corrected chi connectivity index (χ1v) is 7.45. The molecule has 0 aliphatic rings. The lowest BCUT2D eigenvalue weighted by Crippen LogP contribution is -2.33. The van der Waals surface area contributed by atoms with E-state index in [0.717, 1.165) is 16.7 Å². The highest BCUT2D eigenvalue weighted by atomic mass is 35.5. The third-order valence-corrected chi connectivity index (χ3v) is 3.47. The second-order valence-corrected chi connectivity index (χ2v) is 5.01. The minimum absolute atomic E-state index is 0. The van der Waals surface area contributed by atoms with Gasteiger partial charge in [-0.25, -0.2) is 0 Å². The molecule has 0 aliphatic carbocycles. The number of halogens is 1. The SMILES string of the molecule is CCOCc1ccccc1CNC(=O)C(N)c1ccccc1.Cl.